The Balaban J connectivity index is 1.82. The van der Waals surface area contributed by atoms with Crippen LogP contribution in [0.1, 0.15) is 17.3 Å². The molecule has 0 bridgehead atoms. The van der Waals surface area contributed by atoms with Gasteiger partial charge in [-0.15, -0.1) is 0 Å². The van der Waals surface area contributed by atoms with Crippen molar-refractivity contribution in [1.82, 2.24) is 19.7 Å². The number of nitrogens with one attached hydrogen (secondary N) is 1. The Kier molecular flexibility index (Phi) is 3.99. The molecule has 0 saturated carbocycles. The summed E-state index contributed by atoms with van der Waals surface area (Å²) in [5, 5.41) is 13.8. The van der Waals surface area contributed by atoms with E-state index in [1.165, 1.54) is 10.9 Å². The Morgan fingerprint density at radius 2 is 1.85 bits per heavy atom. The molecule has 6 nitrogen and oxygen atoms in total. The summed E-state index contributed by atoms with van der Waals surface area (Å²) in [7, 11) is 0. The van der Waals surface area contributed by atoms with Gasteiger partial charge in [0.2, 0.25) is 0 Å². The topological polar surface area (TPSA) is 87.4 Å². The number of H-pyrrole nitrogens is 1. The van der Waals surface area contributed by atoms with Crippen molar-refractivity contribution in [3.63, 3.8) is 0 Å². The number of halogens is 1. The van der Waals surface area contributed by atoms with Crippen LogP contribution in [0.4, 0.5) is 0 Å². The Hall–Kier alpha value is -3.43. The summed E-state index contributed by atoms with van der Waals surface area (Å²) in [5.41, 5.74) is 1.99. The highest BCUT2D eigenvalue weighted by Crippen LogP contribution is 2.27. The number of fused-ring (bicyclic) bond motifs is 1. The molecule has 2 aromatic carbocycles. The van der Waals surface area contributed by atoms with Crippen LogP contribution in [0, 0.1) is 11.3 Å². The summed E-state index contributed by atoms with van der Waals surface area (Å²) >= 11 is 6.30. The lowest BCUT2D eigenvalue weighted by Crippen LogP contribution is -2.23. The van der Waals surface area contributed by atoms with Crippen molar-refractivity contribution in [3.05, 3.63) is 87.6 Å². The van der Waals surface area contributed by atoms with Crippen molar-refractivity contribution >= 4 is 22.6 Å². The molecule has 4 aromatic rings. The normalized spacial score (nSPS) is 12.0. The number of hydrogen-bond acceptors (Lipinski definition) is 4. The summed E-state index contributed by atoms with van der Waals surface area (Å²) in [5.74, 6) is -0.394. The fraction of sp³-hybridized carbons (Fsp3) is 0.0526. The fourth-order valence-electron chi connectivity index (χ4n) is 2.79. The van der Waals surface area contributed by atoms with E-state index in [-0.39, 0.29) is 5.02 Å². The van der Waals surface area contributed by atoms with Crippen LogP contribution >= 0.6 is 11.6 Å². The summed E-state index contributed by atoms with van der Waals surface area (Å²) in [6, 6.07) is 18.6. The second kappa shape index (κ2) is 6.47. The number of hydrogen-bond donors (Lipinski definition) is 1. The quantitative estimate of drug-likeness (QED) is 0.605. The second-order valence-electron chi connectivity index (χ2n) is 5.67. The van der Waals surface area contributed by atoms with Gasteiger partial charge in [-0.05, 0) is 24.3 Å². The van der Waals surface area contributed by atoms with Crippen LogP contribution in [0.25, 0.3) is 16.7 Å². The highest BCUT2D eigenvalue weighted by molar-refractivity contribution is 6.31. The van der Waals surface area contributed by atoms with Gasteiger partial charge in [0.25, 0.3) is 5.56 Å². The second-order valence-corrected chi connectivity index (χ2v) is 6.05. The van der Waals surface area contributed by atoms with Gasteiger partial charge in [-0.3, -0.25) is 4.79 Å². The average molecular weight is 362 g/mol. The number of rotatable bonds is 3. The van der Waals surface area contributed by atoms with Crippen molar-refractivity contribution in [2.75, 3.05) is 0 Å². The molecule has 4 rings (SSSR count). The zero-order valence-electron chi connectivity index (χ0n) is 13.4. The molecule has 0 fully saturated rings. The molecule has 26 heavy (non-hydrogen) atoms. The van der Waals surface area contributed by atoms with Crippen LogP contribution in [0.5, 0.6) is 0 Å². The number of aromatic nitrogens is 4. The van der Waals surface area contributed by atoms with E-state index in [1.54, 1.807) is 24.3 Å². The third kappa shape index (κ3) is 2.65. The minimum atomic E-state index is -0.819. The SMILES string of the molecule is N#CC(c1nc2ccccc2[nH]1)c1cnn(-c2ccccc2)c(=O)c1Cl. The molecule has 0 saturated heterocycles. The van der Waals surface area contributed by atoms with E-state index in [0.717, 1.165) is 11.0 Å². The maximum absolute atomic E-state index is 12.6. The van der Waals surface area contributed by atoms with Crippen LogP contribution < -0.4 is 5.56 Å². The third-order valence-electron chi connectivity index (χ3n) is 4.07. The lowest BCUT2D eigenvalue weighted by atomic mass is 10.0. The van der Waals surface area contributed by atoms with Gasteiger partial charge < -0.3 is 4.98 Å². The molecular formula is C19H12ClN5O. The maximum atomic E-state index is 12.6. The van der Waals surface area contributed by atoms with Gasteiger partial charge in [0, 0.05) is 5.56 Å². The van der Waals surface area contributed by atoms with Gasteiger partial charge >= 0.3 is 0 Å². The van der Waals surface area contributed by atoms with Gasteiger partial charge in [0.05, 0.1) is 29.0 Å². The molecule has 1 atom stereocenters. The van der Waals surface area contributed by atoms with Gasteiger partial charge in [-0.1, -0.05) is 41.9 Å². The highest BCUT2D eigenvalue weighted by Gasteiger charge is 2.23. The molecule has 0 aliphatic rings. The molecule has 7 heteroatoms. The molecule has 1 N–H and O–H groups in total. The van der Waals surface area contributed by atoms with E-state index in [4.69, 9.17) is 11.6 Å². The molecule has 2 aromatic heterocycles. The molecule has 0 radical (unpaired) electrons. The minimum Gasteiger partial charge on any atom is -0.341 e. The van der Waals surface area contributed by atoms with Gasteiger partial charge in [0.15, 0.2) is 0 Å². The molecule has 0 amide bonds. The lowest BCUT2D eigenvalue weighted by molar-refractivity contribution is 0.784. The first-order valence-corrected chi connectivity index (χ1v) is 8.24. The molecule has 0 aliphatic heterocycles. The number of para-hydroxylation sites is 3. The molecular weight excluding hydrogens is 350 g/mol. The van der Waals surface area contributed by atoms with Crippen LogP contribution in [0.15, 0.2) is 65.6 Å². The number of nitriles is 1. The average Bonchev–Trinajstić information content (AvgIpc) is 3.10. The van der Waals surface area contributed by atoms with Gasteiger partial charge in [-0.2, -0.15) is 15.0 Å². The highest BCUT2D eigenvalue weighted by atomic mass is 35.5. The summed E-state index contributed by atoms with van der Waals surface area (Å²) in [4.78, 5) is 20.2. The Bertz CT molecular complexity index is 1160. The first kappa shape index (κ1) is 16.1. The Morgan fingerprint density at radius 1 is 1.12 bits per heavy atom. The van der Waals surface area contributed by atoms with Crippen LogP contribution in [0.3, 0.4) is 0 Å². The molecule has 0 spiro atoms. The third-order valence-corrected chi connectivity index (χ3v) is 4.45. The Labute approximate surface area is 153 Å². The zero-order valence-corrected chi connectivity index (χ0v) is 14.2. The van der Waals surface area contributed by atoms with Gasteiger partial charge in [-0.25, -0.2) is 4.98 Å². The summed E-state index contributed by atoms with van der Waals surface area (Å²) < 4.78 is 1.21. The summed E-state index contributed by atoms with van der Waals surface area (Å²) in [6.45, 7) is 0. The van der Waals surface area contributed by atoms with Crippen LogP contribution in [-0.2, 0) is 0 Å². The first-order chi connectivity index (χ1) is 12.7. The monoisotopic (exact) mass is 361 g/mol. The van der Waals surface area contributed by atoms with E-state index in [2.05, 4.69) is 21.1 Å². The number of imidazole rings is 1. The van der Waals surface area contributed by atoms with E-state index in [9.17, 15) is 10.1 Å². The van der Waals surface area contributed by atoms with E-state index in [1.807, 2.05) is 30.3 Å². The van der Waals surface area contributed by atoms with Crippen molar-refractivity contribution in [3.8, 4) is 11.8 Å². The largest absolute Gasteiger partial charge is 0.341 e. The zero-order chi connectivity index (χ0) is 18.1. The van der Waals surface area contributed by atoms with Crippen molar-refractivity contribution in [2.24, 2.45) is 0 Å². The van der Waals surface area contributed by atoms with Crippen LogP contribution in [0.2, 0.25) is 5.02 Å². The predicted octanol–water partition coefficient (Wildman–Crippen LogP) is 3.42. The molecule has 1 unspecified atom stereocenters. The van der Waals surface area contributed by atoms with Crippen LogP contribution in [-0.4, -0.2) is 19.7 Å². The summed E-state index contributed by atoms with van der Waals surface area (Å²) in [6.07, 6.45) is 1.44. The predicted molar refractivity (Wildman–Crippen MR) is 98.4 cm³/mol. The van der Waals surface area contributed by atoms with E-state index < -0.39 is 11.5 Å². The smallest absolute Gasteiger partial charge is 0.290 e. The van der Waals surface area contributed by atoms with E-state index in [0.29, 0.717) is 17.1 Å². The Morgan fingerprint density at radius 3 is 2.58 bits per heavy atom. The molecule has 2 heterocycles. The number of nitrogens with zero attached hydrogens (tertiary/aromatic N) is 4. The minimum absolute atomic E-state index is 0.0455. The van der Waals surface area contributed by atoms with E-state index >= 15 is 0 Å². The standard InChI is InChI=1S/C19H12ClN5O/c20-17-14(11-22-25(19(17)26)12-6-2-1-3-7-12)13(10-21)18-23-15-8-4-5-9-16(15)24-18/h1-9,11,13H,(H,23,24). The van der Waals surface area contributed by atoms with Gasteiger partial charge in [0.1, 0.15) is 16.8 Å². The molecule has 126 valence electrons. The fourth-order valence-corrected chi connectivity index (χ4v) is 3.03. The maximum Gasteiger partial charge on any atom is 0.290 e. The molecule has 0 aliphatic carbocycles. The lowest BCUT2D eigenvalue weighted by Gasteiger charge is -2.10. The number of aromatic amines is 1. The van der Waals surface area contributed by atoms with Crippen molar-refractivity contribution in [1.29, 1.82) is 5.26 Å². The first-order valence-electron chi connectivity index (χ1n) is 7.86. The van der Waals surface area contributed by atoms with Crippen molar-refractivity contribution < 1.29 is 0 Å². The van der Waals surface area contributed by atoms with Crippen molar-refractivity contribution in [2.45, 2.75) is 5.92 Å². The number of benzene rings is 2.